The first-order valence-corrected chi connectivity index (χ1v) is 11.0. The summed E-state index contributed by atoms with van der Waals surface area (Å²) in [6.07, 6.45) is 1.86. The maximum absolute atomic E-state index is 12.9. The molecule has 0 spiro atoms. The molecular weight excluding hydrogens is 384 g/mol. The van der Waals surface area contributed by atoms with Crippen molar-refractivity contribution in [2.24, 2.45) is 0 Å². The van der Waals surface area contributed by atoms with Crippen molar-refractivity contribution in [1.29, 1.82) is 0 Å². The lowest BCUT2D eigenvalue weighted by Gasteiger charge is -2.15. The second kappa shape index (κ2) is 9.31. The van der Waals surface area contributed by atoms with Gasteiger partial charge in [0.25, 0.3) is 5.56 Å². The van der Waals surface area contributed by atoms with E-state index in [2.05, 4.69) is 22.2 Å². The molecule has 3 aromatic rings. The molecule has 0 saturated heterocycles. The predicted octanol–water partition coefficient (Wildman–Crippen LogP) is 4.11. The van der Waals surface area contributed by atoms with Crippen molar-refractivity contribution >= 4 is 28.7 Å². The number of benzene rings is 1. The number of aromatic nitrogens is 3. The Kier molecular flexibility index (Phi) is 6.79. The van der Waals surface area contributed by atoms with Crippen molar-refractivity contribution in [3.63, 3.8) is 0 Å². The summed E-state index contributed by atoms with van der Waals surface area (Å²) in [6, 6.07) is 9.92. The Bertz CT molecular complexity index is 1050. The summed E-state index contributed by atoms with van der Waals surface area (Å²) in [6.45, 7) is 8.60. The molecule has 29 heavy (non-hydrogen) atoms. The highest BCUT2D eigenvalue weighted by Gasteiger charge is 2.16. The number of fused-ring (bicyclic) bond motifs is 1. The zero-order valence-corrected chi connectivity index (χ0v) is 18.2. The third-order valence-electron chi connectivity index (χ3n) is 4.86. The minimum Gasteiger partial charge on any atom is -0.353 e. The molecule has 154 valence electrons. The second-order valence-electron chi connectivity index (χ2n) is 7.41. The number of nitrogens with zero attached hydrogens (tertiary/aromatic N) is 2. The minimum absolute atomic E-state index is 0.0752. The third kappa shape index (κ3) is 5.09. The van der Waals surface area contributed by atoms with E-state index in [4.69, 9.17) is 0 Å². The average molecular weight is 413 g/mol. The fraction of sp³-hybridized carbons (Fsp3) is 0.409. The van der Waals surface area contributed by atoms with Crippen LogP contribution in [-0.4, -0.2) is 26.2 Å². The Morgan fingerprint density at radius 1 is 1.28 bits per heavy atom. The Hall–Kier alpha value is -2.54. The van der Waals surface area contributed by atoms with Crippen molar-refractivity contribution in [2.45, 2.75) is 58.3 Å². The highest BCUT2D eigenvalue weighted by Crippen LogP contribution is 2.20. The number of rotatable bonds is 8. The lowest BCUT2D eigenvalue weighted by molar-refractivity contribution is -0.119. The summed E-state index contributed by atoms with van der Waals surface area (Å²) in [5.74, 6) is 0.133. The van der Waals surface area contributed by atoms with Gasteiger partial charge in [-0.15, -0.1) is 0 Å². The van der Waals surface area contributed by atoms with Crippen molar-refractivity contribution in [1.82, 2.24) is 19.9 Å². The quantitative estimate of drug-likeness (QED) is 0.431. The maximum atomic E-state index is 12.9. The first kappa shape index (κ1) is 21.2. The normalized spacial score (nSPS) is 12.3. The summed E-state index contributed by atoms with van der Waals surface area (Å²) in [5.41, 5.74) is 4.26. The summed E-state index contributed by atoms with van der Waals surface area (Å²) in [7, 11) is 0. The van der Waals surface area contributed by atoms with Crippen LogP contribution in [0.1, 0.15) is 49.6 Å². The number of unbranched alkanes of at least 4 members (excludes halogenated alkanes) is 1. The SMILES string of the molecule is CCCCn1c(SCC(=O)NC(C)c2ccc(C)cc2)nc2cc(C)[nH]c2c1=O. The number of thioether (sulfide) groups is 1. The second-order valence-corrected chi connectivity index (χ2v) is 8.35. The number of carbonyl (C=O) groups is 1. The highest BCUT2D eigenvalue weighted by molar-refractivity contribution is 7.99. The van der Waals surface area contributed by atoms with Gasteiger partial charge in [0, 0.05) is 12.2 Å². The molecule has 2 heterocycles. The van der Waals surface area contributed by atoms with Crippen molar-refractivity contribution in [2.75, 3.05) is 5.75 Å². The number of hydrogen-bond acceptors (Lipinski definition) is 4. The lowest BCUT2D eigenvalue weighted by Crippen LogP contribution is -2.29. The Labute approximate surface area is 175 Å². The number of nitrogens with one attached hydrogen (secondary N) is 2. The van der Waals surface area contributed by atoms with Gasteiger partial charge in [0.15, 0.2) is 5.16 Å². The summed E-state index contributed by atoms with van der Waals surface area (Å²) >= 11 is 1.31. The fourth-order valence-electron chi connectivity index (χ4n) is 3.19. The standard InChI is InChI=1S/C22H28N4O2S/c1-5-6-11-26-21(28)20-18(12-15(3)23-20)25-22(26)29-13-19(27)24-16(4)17-9-7-14(2)8-10-17/h7-10,12,16,23H,5-6,11,13H2,1-4H3,(H,24,27). The average Bonchev–Trinajstić information content (AvgIpc) is 3.07. The molecule has 0 aliphatic rings. The molecule has 2 aromatic heterocycles. The molecule has 1 unspecified atom stereocenters. The molecule has 0 saturated carbocycles. The number of carbonyl (C=O) groups excluding carboxylic acids is 1. The van der Waals surface area contributed by atoms with E-state index in [-0.39, 0.29) is 23.3 Å². The van der Waals surface area contributed by atoms with Gasteiger partial charge >= 0.3 is 0 Å². The molecule has 3 rings (SSSR count). The minimum atomic E-state index is -0.0790. The Morgan fingerprint density at radius 3 is 2.69 bits per heavy atom. The first-order valence-electron chi connectivity index (χ1n) is 9.98. The fourth-order valence-corrected chi connectivity index (χ4v) is 4.02. The van der Waals surface area contributed by atoms with E-state index in [1.807, 2.05) is 51.1 Å². The van der Waals surface area contributed by atoms with E-state index in [0.29, 0.717) is 22.7 Å². The van der Waals surface area contributed by atoms with E-state index < -0.39 is 0 Å². The van der Waals surface area contributed by atoms with Gasteiger partial charge < -0.3 is 10.3 Å². The van der Waals surface area contributed by atoms with Crippen LogP contribution in [-0.2, 0) is 11.3 Å². The molecule has 1 amide bonds. The zero-order valence-electron chi connectivity index (χ0n) is 17.4. The van der Waals surface area contributed by atoms with Crippen LogP contribution in [0, 0.1) is 13.8 Å². The molecular formula is C22H28N4O2S. The predicted molar refractivity (Wildman–Crippen MR) is 118 cm³/mol. The van der Waals surface area contributed by atoms with Crippen molar-refractivity contribution < 1.29 is 4.79 Å². The summed E-state index contributed by atoms with van der Waals surface area (Å²) in [5, 5.41) is 3.61. The Balaban J connectivity index is 1.73. The molecule has 1 atom stereocenters. The van der Waals surface area contributed by atoms with Crippen LogP contribution in [0.2, 0.25) is 0 Å². The molecule has 2 N–H and O–H groups in total. The summed E-state index contributed by atoms with van der Waals surface area (Å²) in [4.78, 5) is 33.1. The van der Waals surface area contributed by atoms with E-state index >= 15 is 0 Å². The van der Waals surface area contributed by atoms with E-state index in [1.165, 1.54) is 17.3 Å². The van der Waals surface area contributed by atoms with Crippen LogP contribution in [0.15, 0.2) is 40.3 Å². The molecule has 7 heteroatoms. The number of amides is 1. The van der Waals surface area contributed by atoms with Crippen LogP contribution in [0.25, 0.3) is 11.0 Å². The topological polar surface area (TPSA) is 79.8 Å². The van der Waals surface area contributed by atoms with E-state index in [9.17, 15) is 9.59 Å². The van der Waals surface area contributed by atoms with Gasteiger partial charge in [-0.2, -0.15) is 0 Å². The largest absolute Gasteiger partial charge is 0.353 e. The molecule has 1 aromatic carbocycles. The van der Waals surface area contributed by atoms with Crippen LogP contribution < -0.4 is 10.9 Å². The molecule has 0 fully saturated rings. The maximum Gasteiger partial charge on any atom is 0.278 e. The molecule has 6 nitrogen and oxygen atoms in total. The van der Waals surface area contributed by atoms with Gasteiger partial charge in [-0.25, -0.2) is 4.98 Å². The van der Waals surface area contributed by atoms with E-state index in [1.54, 1.807) is 4.57 Å². The van der Waals surface area contributed by atoms with Crippen molar-refractivity contribution in [3.05, 3.63) is 57.5 Å². The van der Waals surface area contributed by atoms with Gasteiger partial charge in [0.05, 0.1) is 17.3 Å². The number of aromatic amines is 1. The lowest BCUT2D eigenvalue weighted by atomic mass is 10.1. The van der Waals surface area contributed by atoms with Gasteiger partial charge in [0.2, 0.25) is 5.91 Å². The molecule has 0 aliphatic carbocycles. The third-order valence-corrected chi connectivity index (χ3v) is 5.84. The van der Waals surface area contributed by atoms with Gasteiger partial charge in [0.1, 0.15) is 5.52 Å². The number of aryl methyl sites for hydroxylation is 2. The van der Waals surface area contributed by atoms with Crippen LogP contribution in [0.5, 0.6) is 0 Å². The van der Waals surface area contributed by atoms with Gasteiger partial charge in [-0.1, -0.05) is 54.9 Å². The number of H-pyrrole nitrogens is 1. The monoisotopic (exact) mass is 412 g/mol. The van der Waals surface area contributed by atoms with Crippen LogP contribution in [0.4, 0.5) is 0 Å². The van der Waals surface area contributed by atoms with Gasteiger partial charge in [-0.3, -0.25) is 14.2 Å². The molecule has 0 bridgehead atoms. The number of hydrogen-bond donors (Lipinski definition) is 2. The van der Waals surface area contributed by atoms with Crippen LogP contribution >= 0.6 is 11.8 Å². The highest BCUT2D eigenvalue weighted by atomic mass is 32.2. The Morgan fingerprint density at radius 2 is 2.00 bits per heavy atom. The molecule has 0 radical (unpaired) electrons. The van der Waals surface area contributed by atoms with Crippen LogP contribution in [0.3, 0.4) is 0 Å². The van der Waals surface area contributed by atoms with E-state index in [0.717, 1.165) is 24.1 Å². The summed E-state index contributed by atoms with van der Waals surface area (Å²) < 4.78 is 1.68. The first-order chi connectivity index (χ1) is 13.9. The smallest absolute Gasteiger partial charge is 0.278 e. The zero-order chi connectivity index (χ0) is 21.0. The van der Waals surface area contributed by atoms with Gasteiger partial charge in [-0.05, 0) is 38.8 Å². The van der Waals surface area contributed by atoms with Crippen molar-refractivity contribution in [3.8, 4) is 0 Å². The molecule has 0 aliphatic heterocycles.